The second-order valence-electron chi connectivity index (χ2n) is 3.57. The fourth-order valence-corrected chi connectivity index (χ4v) is 1.39. The minimum Gasteiger partial charge on any atom is -0.465 e. The molecule has 0 saturated carbocycles. The molecule has 0 fully saturated rings. The van der Waals surface area contributed by atoms with Crippen LogP contribution in [0.2, 0.25) is 0 Å². The van der Waals surface area contributed by atoms with E-state index in [-0.39, 0.29) is 12.5 Å². The van der Waals surface area contributed by atoms with Gasteiger partial charge in [-0.2, -0.15) is 0 Å². The fraction of sp³-hybridized carbons (Fsp3) is 0.417. The lowest BCUT2D eigenvalue weighted by molar-refractivity contribution is -0.140. The van der Waals surface area contributed by atoms with Crippen LogP contribution in [0.4, 0.5) is 11.4 Å². The van der Waals surface area contributed by atoms with Gasteiger partial charge in [0.15, 0.2) is 0 Å². The molecule has 1 N–H and O–H groups in total. The first kappa shape index (κ1) is 12.4. The van der Waals surface area contributed by atoms with Crippen LogP contribution in [0, 0.1) is 0 Å². The van der Waals surface area contributed by atoms with Gasteiger partial charge >= 0.3 is 5.97 Å². The topological polar surface area (TPSA) is 41.6 Å². The molecule has 0 radical (unpaired) electrons. The van der Waals surface area contributed by atoms with Gasteiger partial charge in [-0.05, 0) is 19.1 Å². The van der Waals surface area contributed by atoms with Crippen LogP contribution in [0.5, 0.6) is 0 Å². The van der Waals surface area contributed by atoms with E-state index < -0.39 is 0 Å². The minimum absolute atomic E-state index is 0.193. The monoisotopic (exact) mass is 222 g/mol. The Morgan fingerprint density at radius 3 is 2.69 bits per heavy atom. The van der Waals surface area contributed by atoms with Gasteiger partial charge in [-0.1, -0.05) is 12.1 Å². The minimum atomic E-state index is -0.240. The highest BCUT2D eigenvalue weighted by Gasteiger charge is 2.05. The third kappa shape index (κ3) is 3.46. The Bertz CT molecular complexity index is 351. The summed E-state index contributed by atoms with van der Waals surface area (Å²) in [5, 5.41) is 3.06. The average molecular weight is 222 g/mol. The molecule has 0 atom stereocenters. The fourth-order valence-electron chi connectivity index (χ4n) is 1.39. The van der Waals surface area contributed by atoms with Gasteiger partial charge in [0, 0.05) is 14.1 Å². The van der Waals surface area contributed by atoms with E-state index >= 15 is 0 Å². The van der Waals surface area contributed by atoms with Crippen molar-refractivity contribution in [2.75, 3.05) is 37.5 Å². The van der Waals surface area contributed by atoms with E-state index in [2.05, 4.69) is 5.32 Å². The molecule has 0 amide bonds. The zero-order valence-corrected chi connectivity index (χ0v) is 9.99. The molecule has 0 aliphatic heterocycles. The molecular formula is C12H18N2O2. The number of rotatable bonds is 5. The Hall–Kier alpha value is -1.71. The number of esters is 1. The number of para-hydroxylation sites is 2. The number of nitrogens with one attached hydrogen (secondary N) is 1. The van der Waals surface area contributed by atoms with Crippen LogP contribution in [0.1, 0.15) is 6.92 Å². The number of ether oxygens (including phenoxy) is 1. The van der Waals surface area contributed by atoms with Crippen LogP contribution in [0.15, 0.2) is 24.3 Å². The zero-order valence-electron chi connectivity index (χ0n) is 9.99. The van der Waals surface area contributed by atoms with Crippen LogP contribution in [0.3, 0.4) is 0 Å². The second kappa shape index (κ2) is 6.00. The lowest BCUT2D eigenvalue weighted by atomic mass is 10.2. The van der Waals surface area contributed by atoms with Crippen molar-refractivity contribution < 1.29 is 9.53 Å². The molecule has 0 saturated heterocycles. The first-order valence-electron chi connectivity index (χ1n) is 5.31. The SMILES string of the molecule is CCOC(=O)CNc1ccccc1N(C)C. The third-order valence-electron chi connectivity index (χ3n) is 2.11. The molecule has 0 spiro atoms. The van der Waals surface area contributed by atoms with Crippen molar-refractivity contribution in [3.05, 3.63) is 24.3 Å². The lowest BCUT2D eigenvalue weighted by Gasteiger charge is -2.17. The number of nitrogens with zero attached hydrogens (tertiary/aromatic N) is 1. The molecule has 4 heteroatoms. The lowest BCUT2D eigenvalue weighted by Crippen LogP contribution is -2.18. The zero-order chi connectivity index (χ0) is 12.0. The summed E-state index contributed by atoms with van der Waals surface area (Å²) in [4.78, 5) is 13.2. The van der Waals surface area contributed by atoms with Crippen molar-refractivity contribution in [2.24, 2.45) is 0 Å². The first-order valence-corrected chi connectivity index (χ1v) is 5.31. The van der Waals surface area contributed by atoms with E-state index in [0.29, 0.717) is 6.61 Å². The first-order chi connectivity index (χ1) is 7.65. The number of benzene rings is 1. The van der Waals surface area contributed by atoms with Crippen LogP contribution in [-0.4, -0.2) is 33.2 Å². The molecule has 0 unspecified atom stereocenters. The normalized spacial score (nSPS) is 9.69. The van der Waals surface area contributed by atoms with Crippen LogP contribution in [-0.2, 0) is 9.53 Å². The van der Waals surface area contributed by atoms with Gasteiger partial charge in [0.1, 0.15) is 6.54 Å². The van der Waals surface area contributed by atoms with Gasteiger partial charge in [0.2, 0.25) is 0 Å². The summed E-state index contributed by atoms with van der Waals surface area (Å²) < 4.78 is 4.85. The van der Waals surface area contributed by atoms with E-state index in [1.165, 1.54) is 0 Å². The molecule has 1 rings (SSSR count). The summed E-state index contributed by atoms with van der Waals surface area (Å²) >= 11 is 0. The number of anilines is 2. The molecule has 16 heavy (non-hydrogen) atoms. The molecule has 0 bridgehead atoms. The summed E-state index contributed by atoms with van der Waals surface area (Å²) in [6, 6.07) is 7.83. The Labute approximate surface area is 96.2 Å². The molecule has 0 heterocycles. The Balaban J connectivity index is 2.63. The highest BCUT2D eigenvalue weighted by atomic mass is 16.5. The van der Waals surface area contributed by atoms with Crippen molar-refractivity contribution in [3.63, 3.8) is 0 Å². The van der Waals surface area contributed by atoms with Crippen molar-refractivity contribution in [1.29, 1.82) is 0 Å². The van der Waals surface area contributed by atoms with Crippen molar-refractivity contribution in [1.82, 2.24) is 0 Å². The van der Waals surface area contributed by atoms with Gasteiger partial charge in [0.25, 0.3) is 0 Å². The third-order valence-corrected chi connectivity index (χ3v) is 2.11. The average Bonchev–Trinajstić information content (AvgIpc) is 2.27. The smallest absolute Gasteiger partial charge is 0.325 e. The van der Waals surface area contributed by atoms with E-state index in [1.807, 2.05) is 43.3 Å². The van der Waals surface area contributed by atoms with Gasteiger partial charge in [0.05, 0.1) is 18.0 Å². The molecule has 0 aromatic heterocycles. The maximum absolute atomic E-state index is 11.2. The molecule has 88 valence electrons. The van der Waals surface area contributed by atoms with Crippen molar-refractivity contribution in [2.45, 2.75) is 6.92 Å². The predicted molar refractivity (Wildman–Crippen MR) is 65.9 cm³/mol. The van der Waals surface area contributed by atoms with Crippen LogP contribution >= 0.6 is 0 Å². The van der Waals surface area contributed by atoms with Gasteiger partial charge in [-0.15, -0.1) is 0 Å². The van der Waals surface area contributed by atoms with Gasteiger partial charge in [-0.3, -0.25) is 4.79 Å². The summed E-state index contributed by atoms with van der Waals surface area (Å²) in [6.45, 7) is 2.40. The Kier molecular flexibility index (Phi) is 4.64. The largest absolute Gasteiger partial charge is 0.465 e. The van der Waals surface area contributed by atoms with Gasteiger partial charge in [-0.25, -0.2) is 0 Å². The van der Waals surface area contributed by atoms with E-state index in [9.17, 15) is 4.79 Å². The van der Waals surface area contributed by atoms with E-state index in [1.54, 1.807) is 6.92 Å². The standard InChI is InChI=1S/C12H18N2O2/c1-4-16-12(15)9-13-10-7-5-6-8-11(10)14(2)3/h5-8,13H,4,9H2,1-3H3. The maximum atomic E-state index is 11.2. The number of hydrogen-bond acceptors (Lipinski definition) is 4. The number of hydrogen-bond donors (Lipinski definition) is 1. The molecule has 0 aliphatic rings. The van der Waals surface area contributed by atoms with E-state index in [0.717, 1.165) is 11.4 Å². The second-order valence-corrected chi connectivity index (χ2v) is 3.57. The summed E-state index contributed by atoms with van der Waals surface area (Å²) in [5.74, 6) is -0.240. The predicted octanol–water partition coefficient (Wildman–Crippen LogP) is 1.73. The van der Waals surface area contributed by atoms with E-state index in [4.69, 9.17) is 4.74 Å². The molecule has 0 aliphatic carbocycles. The molecular weight excluding hydrogens is 204 g/mol. The van der Waals surface area contributed by atoms with Crippen LogP contribution in [0.25, 0.3) is 0 Å². The molecule has 4 nitrogen and oxygen atoms in total. The highest BCUT2D eigenvalue weighted by Crippen LogP contribution is 2.22. The Morgan fingerprint density at radius 1 is 1.38 bits per heavy atom. The quantitative estimate of drug-likeness (QED) is 0.770. The summed E-state index contributed by atoms with van der Waals surface area (Å²) in [6.07, 6.45) is 0. The van der Waals surface area contributed by atoms with Crippen molar-refractivity contribution in [3.8, 4) is 0 Å². The number of carbonyl (C=O) groups excluding carboxylic acids is 1. The van der Waals surface area contributed by atoms with Gasteiger partial charge < -0.3 is 15.0 Å². The molecule has 1 aromatic carbocycles. The van der Waals surface area contributed by atoms with Crippen LogP contribution < -0.4 is 10.2 Å². The summed E-state index contributed by atoms with van der Waals surface area (Å²) in [7, 11) is 3.93. The summed E-state index contributed by atoms with van der Waals surface area (Å²) in [5.41, 5.74) is 1.98. The highest BCUT2D eigenvalue weighted by molar-refractivity contribution is 5.78. The number of carbonyl (C=O) groups is 1. The molecule has 1 aromatic rings. The Morgan fingerprint density at radius 2 is 2.06 bits per heavy atom. The maximum Gasteiger partial charge on any atom is 0.325 e. The van der Waals surface area contributed by atoms with Crippen molar-refractivity contribution >= 4 is 17.3 Å².